The number of allylic oxidation sites excluding steroid dienone is 1. The summed E-state index contributed by atoms with van der Waals surface area (Å²) in [6.45, 7) is 4.14. The molecule has 0 spiro atoms. The number of carbonyl (C=O) groups is 1. The second kappa shape index (κ2) is 36.0. The Morgan fingerprint density at radius 1 is 0.667 bits per heavy atom. The van der Waals surface area contributed by atoms with Crippen LogP contribution in [0.15, 0.2) is 12.2 Å². The molecule has 0 aliphatic rings. The average molecular weight is 703 g/mol. The highest BCUT2D eigenvalue weighted by Crippen LogP contribution is 2.43. The molecule has 0 aliphatic carbocycles. The monoisotopic (exact) mass is 703 g/mol. The quantitative estimate of drug-likeness (QED) is 0.0286. The maximum Gasteiger partial charge on any atom is 0.472 e. The van der Waals surface area contributed by atoms with E-state index >= 15 is 0 Å². The Bertz CT molecular complexity index is 769. The summed E-state index contributed by atoms with van der Waals surface area (Å²) in [6, 6.07) is -0.853. The van der Waals surface area contributed by atoms with E-state index in [0.29, 0.717) is 6.42 Å². The first kappa shape index (κ1) is 47.2. The zero-order valence-electron chi connectivity index (χ0n) is 31.5. The lowest BCUT2D eigenvalue weighted by atomic mass is 10.0. The van der Waals surface area contributed by atoms with Gasteiger partial charge < -0.3 is 21.1 Å². The van der Waals surface area contributed by atoms with Crippen LogP contribution in [0.3, 0.4) is 0 Å². The number of unbranched alkanes of at least 4 members (excludes halogenated alkanes) is 26. The third kappa shape index (κ3) is 33.7. The molecule has 286 valence electrons. The van der Waals surface area contributed by atoms with Crippen LogP contribution >= 0.6 is 7.82 Å². The minimum Gasteiger partial charge on any atom is -0.387 e. The molecule has 0 aromatic rings. The van der Waals surface area contributed by atoms with Gasteiger partial charge in [-0.1, -0.05) is 187 Å². The highest BCUT2D eigenvalue weighted by Gasteiger charge is 2.26. The molecular weight excluding hydrogens is 623 g/mol. The summed E-state index contributed by atoms with van der Waals surface area (Å²) >= 11 is 0. The average Bonchev–Trinajstić information content (AvgIpc) is 3.07. The third-order valence-electron chi connectivity index (χ3n) is 9.11. The molecule has 0 rings (SSSR count). The van der Waals surface area contributed by atoms with Crippen molar-refractivity contribution in [2.75, 3.05) is 19.8 Å². The van der Waals surface area contributed by atoms with Crippen LogP contribution in [0.2, 0.25) is 0 Å². The van der Waals surface area contributed by atoms with Crippen LogP contribution in [0, 0.1) is 0 Å². The van der Waals surface area contributed by atoms with Crippen LogP contribution in [-0.4, -0.2) is 47.8 Å². The summed E-state index contributed by atoms with van der Waals surface area (Å²) in [7, 11) is -4.33. The van der Waals surface area contributed by atoms with E-state index in [-0.39, 0.29) is 25.7 Å². The molecule has 0 saturated heterocycles. The normalized spacial score (nSPS) is 14.4. The number of phosphoric acid groups is 1. The fraction of sp³-hybridized carbons (Fsp3) is 0.923. The predicted molar refractivity (Wildman–Crippen MR) is 203 cm³/mol. The molecule has 8 nitrogen and oxygen atoms in total. The van der Waals surface area contributed by atoms with Crippen LogP contribution in [0.1, 0.15) is 200 Å². The van der Waals surface area contributed by atoms with Crippen molar-refractivity contribution < 1.29 is 28.4 Å². The van der Waals surface area contributed by atoms with Gasteiger partial charge >= 0.3 is 7.82 Å². The van der Waals surface area contributed by atoms with E-state index in [1.165, 1.54) is 141 Å². The zero-order chi connectivity index (χ0) is 35.4. The molecule has 0 radical (unpaired) electrons. The molecule has 1 unspecified atom stereocenters. The SMILES string of the molecule is CCCCCCCCCCCCCC/C=C/[C@@H](O)[C@H](COP(=O)(O)OCCN)NC(=O)CCCCCCCCCCCCCCCCC. The number of rotatable bonds is 38. The molecule has 1 amide bonds. The van der Waals surface area contributed by atoms with Crippen molar-refractivity contribution in [1.82, 2.24) is 5.32 Å². The van der Waals surface area contributed by atoms with Gasteiger partial charge in [-0.25, -0.2) is 4.57 Å². The Labute approximate surface area is 296 Å². The van der Waals surface area contributed by atoms with Crippen LogP contribution < -0.4 is 11.1 Å². The number of hydrogen-bond acceptors (Lipinski definition) is 6. The lowest BCUT2D eigenvalue weighted by Gasteiger charge is -2.23. The van der Waals surface area contributed by atoms with Gasteiger partial charge in [0.05, 0.1) is 25.4 Å². The lowest BCUT2D eigenvalue weighted by molar-refractivity contribution is -0.123. The van der Waals surface area contributed by atoms with E-state index in [1.54, 1.807) is 6.08 Å². The number of carbonyl (C=O) groups excluding carboxylic acids is 1. The summed E-state index contributed by atoms with van der Waals surface area (Å²) in [6.07, 6.45) is 38.2. The Balaban J connectivity index is 4.25. The second-order valence-electron chi connectivity index (χ2n) is 13.9. The molecule has 0 aromatic heterocycles. The molecule has 48 heavy (non-hydrogen) atoms. The molecule has 0 saturated carbocycles. The van der Waals surface area contributed by atoms with Crippen molar-refractivity contribution in [1.29, 1.82) is 0 Å². The van der Waals surface area contributed by atoms with Gasteiger partial charge in [0.2, 0.25) is 5.91 Å². The summed E-state index contributed by atoms with van der Waals surface area (Å²) in [5.41, 5.74) is 5.36. The van der Waals surface area contributed by atoms with Gasteiger partial charge in [0.25, 0.3) is 0 Å². The number of nitrogens with two attached hydrogens (primary N) is 1. The van der Waals surface area contributed by atoms with E-state index in [0.717, 1.165) is 38.5 Å². The molecular formula is C39H79N2O6P. The molecule has 0 heterocycles. The van der Waals surface area contributed by atoms with E-state index in [2.05, 4.69) is 19.2 Å². The fourth-order valence-corrected chi connectivity index (χ4v) is 6.77. The number of hydrogen-bond donors (Lipinski definition) is 4. The highest BCUT2D eigenvalue weighted by atomic mass is 31.2. The van der Waals surface area contributed by atoms with E-state index in [1.807, 2.05) is 6.08 Å². The summed E-state index contributed by atoms with van der Waals surface area (Å²) in [4.78, 5) is 22.6. The number of phosphoric ester groups is 1. The number of amides is 1. The van der Waals surface area contributed by atoms with Crippen LogP contribution in [-0.2, 0) is 18.4 Å². The number of aliphatic hydroxyl groups is 1. The van der Waals surface area contributed by atoms with Crippen molar-refractivity contribution >= 4 is 13.7 Å². The van der Waals surface area contributed by atoms with Crippen LogP contribution in [0.4, 0.5) is 0 Å². The maximum absolute atomic E-state index is 12.7. The van der Waals surface area contributed by atoms with Crippen molar-refractivity contribution in [2.24, 2.45) is 5.73 Å². The van der Waals surface area contributed by atoms with Crippen LogP contribution in [0.5, 0.6) is 0 Å². The fourth-order valence-electron chi connectivity index (χ4n) is 6.01. The highest BCUT2D eigenvalue weighted by molar-refractivity contribution is 7.47. The molecule has 0 aromatic carbocycles. The Hall–Kier alpha value is -0.760. The van der Waals surface area contributed by atoms with Crippen molar-refractivity contribution in [3.8, 4) is 0 Å². The zero-order valence-corrected chi connectivity index (χ0v) is 32.4. The Kier molecular flexibility index (Phi) is 35.5. The summed E-state index contributed by atoms with van der Waals surface area (Å²) in [5.74, 6) is -0.192. The van der Waals surface area contributed by atoms with Crippen molar-refractivity contribution in [3.63, 3.8) is 0 Å². The lowest BCUT2D eigenvalue weighted by Crippen LogP contribution is -2.45. The topological polar surface area (TPSA) is 131 Å². The predicted octanol–water partition coefficient (Wildman–Crippen LogP) is 10.8. The first-order valence-corrected chi connectivity index (χ1v) is 21.8. The molecule has 9 heteroatoms. The van der Waals surface area contributed by atoms with E-state index < -0.39 is 20.0 Å². The first-order chi connectivity index (χ1) is 23.4. The Morgan fingerprint density at radius 2 is 1.06 bits per heavy atom. The second-order valence-corrected chi connectivity index (χ2v) is 15.3. The molecule has 5 N–H and O–H groups in total. The van der Waals surface area contributed by atoms with Crippen molar-refractivity contribution in [2.45, 2.75) is 212 Å². The van der Waals surface area contributed by atoms with Gasteiger partial charge in [-0.3, -0.25) is 13.8 Å². The van der Waals surface area contributed by atoms with Gasteiger partial charge in [-0.15, -0.1) is 0 Å². The number of aliphatic hydroxyl groups excluding tert-OH is 1. The van der Waals surface area contributed by atoms with Gasteiger partial charge in [-0.05, 0) is 19.3 Å². The number of nitrogens with one attached hydrogen (secondary N) is 1. The molecule has 0 aliphatic heterocycles. The minimum atomic E-state index is -4.33. The molecule has 0 fully saturated rings. The standard InChI is InChI=1S/C39H79N2O6P/c1-3-5-7-9-11-13-15-17-19-21-23-25-27-29-31-33-39(43)41-37(36-47-48(44,45)46-35-34-40)38(42)32-30-28-26-24-22-20-18-16-14-12-10-8-6-4-2/h30,32,37-38,42H,3-29,31,33-36,40H2,1-2H3,(H,41,43)(H,44,45)/b32-30+/t37-,38+/m0/s1. The van der Waals surface area contributed by atoms with Crippen molar-refractivity contribution in [3.05, 3.63) is 12.2 Å². The van der Waals surface area contributed by atoms with Crippen LogP contribution in [0.25, 0.3) is 0 Å². The van der Waals surface area contributed by atoms with Gasteiger partial charge in [0, 0.05) is 13.0 Å². The van der Waals surface area contributed by atoms with Gasteiger partial charge in [0.15, 0.2) is 0 Å². The first-order valence-electron chi connectivity index (χ1n) is 20.3. The maximum atomic E-state index is 12.7. The van der Waals surface area contributed by atoms with Gasteiger partial charge in [-0.2, -0.15) is 0 Å². The Morgan fingerprint density at radius 3 is 1.48 bits per heavy atom. The third-order valence-corrected chi connectivity index (χ3v) is 10.1. The largest absolute Gasteiger partial charge is 0.472 e. The smallest absolute Gasteiger partial charge is 0.387 e. The minimum absolute atomic E-state index is 0.0812. The molecule has 0 bridgehead atoms. The molecule has 3 atom stereocenters. The van der Waals surface area contributed by atoms with Gasteiger partial charge in [0.1, 0.15) is 0 Å². The summed E-state index contributed by atoms with van der Waals surface area (Å²) < 4.78 is 22.1. The van der Waals surface area contributed by atoms with E-state index in [9.17, 15) is 19.4 Å². The summed E-state index contributed by atoms with van der Waals surface area (Å²) in [5, 5.41) is 13.6. The van der Waals surface area contributed by atoms with E-state index in [4.69, 9.17) is 14.8 Å².